The smallest absolute Gasteiger partial charge is 0.225 e. The van der Waals surface area contributed by atoms with Crippen LogP contribution >= 0.6 is 11.5 Å². The summed E-state index contributed by atoms with van der Waals surface area (Å²) in [6.07, 6.45) is 6.91. The Kier molecular flexibility index (Phi) is 5.85. The fourth-order valence-corrected chi connectivity index (χ4v) is 5.46. The Morgan fingerprint density at radius 3 is 2.68 bits per heavy atom. The minimum Gasteiger partial charge on any atom is -0.378 e. The van der Waals surface area contributed by atoms with Gasteiger partial charge in [-0.05, 0) is 19.4 Å². The van der Waals surface area contributed by atoms with Gasteiger partial charge in [0, 0.05) is 67.8 Å². The van der Waals surface area contributed by atoms with Crippen molar-refractivity contribution >= 4 is 27.3 Å². The van der Waals surface area contributed by atoms with Crippen LogP contribution in [0.25, 0.3) is 0 Å². The van der Waals surface area contributed by atoms with Crippen LogP contribution in [0.4, 0.5) is 5.95 Å². The number of hydrogen-bond donors (Lipinski definition) is 0. The van der Waals surface area contributed by atoms with E-state index in [1.807, 2.05) is 12.4 Å². The first-order chi connectivity index (χ1) is 13.5. The zero-order valence-corrected chi connectivity index (χ0v) is 17.5. The van der Waals surface area contributed by atoms with E-state index in [2.05, 4.69) is 29.4 Å². The Balaban J connectivity index is 1.41. The molecule has 4 heterocycles. The van der Waals surface area contributed by atoms with E-state index in [0.717, 1.165) is 68.6 Å². The van der Waals surface area contributed by atoms with Crippen molar-refractivity contribution in [2.24, 2.45) is 0 Å². The molecule has 28 heavy (non-hydrogen) atoms. The summed E-state index contributed by atoms with van der Waals surface area (Å²) in [4.78, 5) is 13.5. The van der Waals surface area contributed by atoms with E-state index in [4.69, 9.17) is 4.74 Å². The van der Waals surface area contributed by atoms with E-state index in [1.165, 1.54) is 6.26 Å². The van der Waals surface area contributed by atoms with Gasteiger partial charge in [-0.1, -0.05) is 4.49 Å². The van der Waals surface area contributed by atoms with Crippen molar-refractivity contribution in [3.8, 4) is 0 Å². The fourth-order valence-electron chi connectivity index (χ4n) is 3.73. The molecule has 2 saturated heterocycles. The maximum absolute atomic E-state index is 12.0. The Morgan fingerprint density at radius 2 is 1.96 bits per heavy atom. The third kappa shape index (κ3) is 4.48. The minimum absolute atomic E-state index is 0.0887. The molecule has 0 unspecified atom stereocenters. The van der Waals surface area contributed by atoms with Crippen molar-refractivity contribution in [1.82, 2.24) is 24.5 Å². The van der Waals surface area contributed by atoms with Gasteiger partial charge in [0.05, 0.1) is 18.9 Å². The van der Waals surface area contributed by atoms with Crippen molar-refractivity contribution in [3.05, 3.63) is 23.7 Å². The lowest BCUT2D eigenvalue weighted by atomic mass is 9.95. The van der Waals surface area contributed by atoms with E-state index in [-0.39, 0.29) is 5.92 Å². The third-order valence-corrected chi connectivity index (χ3v) is 7.66. The third-order valence-electron chi connectivity index (χ3n) is 5.10. The molecule has 0 amide bonds. The van der Waals surface area contributed by atoms with Crippen molar-refractivity contribution < 1.29 is 13.2 Å². The zero-order valence-electron chi connectivity index (χ0n) is 15.8. The van der Waals surface area contributed by atoms with Crippen molar-refractivity contribution in [3.63, 3.8) is 0 Å². The number of aromatic nitrogens is 4. The number of morpholine rings is 1. The SMILES string of the molecule is CS(=O)(=O)c1snnc1[C@H]1CCCN(Cc2cnc(N3CCOCC3)nc2)C1. The molecule has 0 spiro atoms. The van der Waals surface area contributed by atoms with E-state index in [1.54, 1.807) is 0 Å². The molecule has 1 atom stereocenters. The molecule has 2 aromatic heterocycles. The maximum Gasteiger partial charge on any atom is 0.225 e. The van der Waals surface area contributed by atoms with Gasteiger partial charge in [0.2, 0.25) is 5.95 Å². The Hall–Kier alpha value is -1.69. The van der Waals surface area contributed by atoms with Gasteiger partial charge >= 0.3 is 0 Å². The Bertz CT molecular complexity index is 896. The fraction of sp³-hybridized carbons (Fsp3) is 0.647. The quantitative estimate of drug-likeness (QED) is 0.694. The van der Waals surface area contributed by atoms with Crippen LogP contribution < -0.4 is 4.90 Å². The molecule has 152 valence electrons. The molecule has 2 aromatic rings. The lowest BCUT2D eigenvalue weighted by Crippen LogP contribution is -2.37. The lowest BCUT2D eigenvalue weighted by molar-refractivity contribution is 0.122. The standard InChI is InChI=1S/C17H24N6O3S2/c1-28(24,25)16-15(20-21-27-16)14-3-2-4-22(12-14)11-13-9-18-17(19-10-13)23-5-7-26-8-6-23/h9-10,14H,2-8,11-12H2,1H3/t14-/m0/s1. The molecule has 2 aliphatic heterocycles. The highest BCUT2D eigenvalue weighted by molar-refractivity contribution is 7.92. The Morgan fingerprint density at radius 1 is 1.21 bits per heavy atom. The van der Waals surface area contributed by atoms with Crippen LogP contribution in [-0.4, -0.2) is 78.5 Å². The van der Waals surface area contributed by atoms with Gasteiger partial charge in [-0.2, -0.15) is 0 Å². The number of nitrogens with zero attached hydrogens (tertiary/aromatic N) is 6. The summed E-state index contributed by atoms with van der Waals surface area (Å²) in [5.41, 5.74) is 1.67. The molecular weight excluding hydrogens is 400 g/mol. The number of likely N-dealkylation sites (tertiary alicyclic amines) is 1. The van der Waals surface area contributed by atoms with Crippen LogP contribution in [0.5, 0.6) is 0 Å². The van der Waals surface area contributed by atoms with Crippen molar-refractivity contribution in [2.45, 2.75) is 29.5 Å². The largest absolute Gasteiger partial charge is 0.378 e. The highest BCUT2D eigenvalue weighted by Crippen LogP contribution is 2.32. The van der Waals surface area contributed by atoms with Gasteiger partial charge in [-0.3, -0.25) is 4.90 Å². The molecule has 4 rings (SSSR count). The van der Waals surface area contributed by atoms with Crippen LogP contribution in [0.3, 0.4) is 0 Å². The topological polar surface area (TPSA) is 101 Å². The second-order valence-electron chi connectivity index (χ2n) is 7.28. The van der Waals surface area contributed by atoms with Crippen LogP contribution in [-0.2, 0) is 21.1 Å². The normalized spacial score (nSPS) is 21.8. The van der Waals surface area contributed by atoms with E-state index < -0.39 is 9.84 Å². The zero-order chi connectivity index (χ0) is 19.6. The summed E-state index contributed by atoms with van der Waals surface area (Å²) >= 11 is 0.969. The molecule has 0 bridgehead atoms. The molecule has 0 N–H and O–H groups in total. The van der Waals surface area contributed by atoms with Gasteiger partial charge in [-0.25, -0.2) is 18.4 Å². The molecular formula is C17H24N6O3S2. The second kappa shape index (κ2) is 8.36. The number of ether oxygens (including phenoxy) is 1. The molecule has 2 aliphatic rings. The van der Waals surface area contributed by atoms with Crippen LogP contribution in [0.15, 0.2) is 16.6 Å². The van der Waals surface area contributed by atoms with Gasteiger partial charge in [-0.15, -0.1) is 5.10 Å². The number of anilines is 1. The molecule has 0 radical (unpaired) electrons. The number of piperidine rings is 1. The van der Waals surface area contributed by atoms with E-state index in [9.17, 15) is 8.42 Å². The summed E-state index contributed by atoms with van der Waals surface area (Å²) in [5, 5.41) is 4.13. The highest BCUT2D eigenvalue weighted by atomic mass is 32.2. The van der Waals surface area contributed by atoms with Gasteiger partial charge in [0.15, 0.2) is 14.0 Å². The summed E-state index contributed by atoms with van der Waals surface area (Å²) in [6, 6.07) is 0. The Labute approximate surface area is 168 Å². The summed E-state index contributed by atoms with van der Waals surface area (Å²) in [7, 11) is -3.29. The number of rotatable bonds is 5. The first kappa shape index (κ1) is 19.6. The van der Waals surface area contributed by atoms with Gasteiger partial charge in [0.25, 0.3) is 0 Å². The van der Waals surface area contributed by atoms with E-state index >= 15 is 0 Å². The lowest BCUT2D eigenvalue weighted by Gasteiger charge is -2.32. The number of hydrogen-bond acceptors (Lipinski definition) is 10. The van der Waals surface area contributed by atoms with Gasteiger partial charge < -0.3 is 9.64 Å². The first-order valence-corrected chi connectivity index (χ1v) is 12.1. The maximum atomic E-state index is 12.0. The molecule has 0 aliphatic carbocycles. The van der Waals surface area contributed by atoms with Gasteiger partial charge in [0.1, 0.15) is 0 Å². The highest BCUT2D eigenvalue weighted by Gasteiger charge is 2.29. The monoisotopic (exact) mass is 424 g/mol. The molecule has 0 saturated carbocycles. The molecule has 9 nitrogen and oxygen atoms in total. The van der Waals surface area contributed by atoms with Crippen molar-refractivity contribution in [1.29, 1.82) is 0 Å². The second-order valence-corrected chi connectivity index (χ2v) is 10.2. The van der Waals surface area contributed by atoms with Crippen molar-refractivity contribution in [2.75, 3.05) is 50.5 Å². The number of sulfone groups is 1. The predicted molar refractivity (Wildman–Crippen MR) is 105 cm³/mol. The minimum atomic E-state index is -3.29. The average molecular weight is 425 g/mol. The molecule has 0 aromatic carbocycles. The summed E-state index contributed by atoms with van der Waals surface area (Å²) < 4.78 is 33.5. The van der Waals surface area contributed by atoms with Crippen LogP contribution in [0.1, 0.15) is 30.0 Å². The molecule has 11 heteroatoms. The molecule has 2 fully saturated rings. The summed E-state index contributed by atoms with van der Waals surface area (Å²) in [5.74, 6) is 0.834. The van der Waals surface area contributed by atoms with Crippen LogP contribution in [0.2, 0.25) is 0 Å². The van der Waals surface area contributed by atoms with Crippen LogP contribution in [0, 0.1) is 0 Å². The predicted octanol–water partition coefficient (Wildman–Crippen LogP) is 0.948. The van der Waals surface area contributed by atoms with E-state index in [0.29, 0.717) is 23.1 Å². The summed E-state index contributed by atoms with van der Waals surface area (Å²) in [6.45, 7) is 5.52. The first-order valence-electron chi connectivity index (χ1n) is 9.39. The average Bonchev–Trinajstić information content (AvgIpc) is 3.20.